The fourth-order valence-electron chi connectivity index (χ4n) is 4.00. The zero-order chi connectivity index (χ0) is 27.8. The Labute approximate surface area is 231 Å². The average molecular weight is 571 g/mol. The second-order valence-corrected chi connectivity index (χ2v) is 12.3. The van der Waals surface area contributed by atoms with Gasteiger partial charge in [-0.15, -0.1) is 0 Å². The lowest BCUT2D eigenvalue weighted by Crippen LogP contribution is -2.49. The minimum absolute atomic E-state index is 0.0665. The molecule has 0 fully saturated rings. The van der Waals surface area contributed by atoms with Crippen molar-refractivity contribution in [3.63, 3.8) is 0 Å². The average Bonchev–Trinajstić information content (AvgIpc) is 2.81. The van der Waals surface area contributed by atoms with Crippen LogP contribution in [0.1, 0.15) is 51.2 Å². The normalized spacial score (nSPS) is 12.3. The van der Waals surface area contributed by atoms with Gasteiger partial charge in [0.15, 0.2) is 0 Å². The highest BCUT2D eigenvalue weighted by molar-refractivity contribution is 7.92. The van der Waals surface area contributed by atoms with E-state index in [1.807, 2.05) is 39.8 Å². The summed E-state index contributed by atoms with van der Waals surface area (Å²) in [6.07, 6.45) is 1.92. The Morgan fingerprint density at radius 3 is 2.32 bits per heavy atom. The van der Waals surface area contributed by atoms with Gasteiger partial charge < -0.3 is 10.2 Å². The van der Waals surface area contributed by atoms with E-state index in [0.29, 0.717) is 34.3 Å². The smallest absolute Gasteiger partial charge is 0.242 e. The lowest BCUT2D eigenvalue weighted by atomic mass is 10.1. The molecular formula is C27H37Cl2N3O4S. The van der Waals surface area contributed by atoms with Crippen molar-refractivity contribution in [3.05, 3.63) is 63.6 Å². The zero-order valence-corrected chi connectivity index (χ0v) is 24.5. The van der Waals surface area contributed by atoms with Crippen molar-refractivity contribution in [2.45, 2.75) is 59.5 Å². The Balaban J connectivity index is 2.26. The van der Waals surface area contributed by atoms with Crippen molar-refractivity contribution in [3.8, 4) is 0 Å². The molecule has 0 saturated heterocycles. The minimum Gasteiger partial charge on any atom is -0.354 e. The molecule has 7 nitrogen and oxygen atoms in total. The standard InChI is InChI=1S/C27H37Cl2N3O4S/c1-6-24(27(34)30-17-19(2)3)31(18-21-13-14-22(28)16-23(21)29)26(33)12-9-15-32(37(5,35)36)25-11-8-7-10-20(25)4/h7-8,10-11,13-14,16,19,24H,6,9,12,15,17-18H2,1-5H3,(H,30,34)/t24-/m0/s1. The minimum atomic E-state index is -3.55. The molecule has 1 atom stereocenters. The number of para-hydroxylation sites is 1. The van der Waals surface area contributed by atoms with Crippen molar-refractivity contribution in [2.24, 2.45) is 5.92 Å². The fraction of sp³-hybridized carbons (Fsp3) is 0.481. The molecule has 1 N–H and O–H groups in total. The van der Waals surface area contributed by atoms with Crippen LogP contribution in [0.4, 0.5) is 5.69 Å². The molecule has 0 spiro atoms. The van der Waals surface area contributed by atoms with Crippen molar-refractivity contribution in [1.82, 2.24) is 10.2 Å². The molecule has 0 aromatic heterocycles. The maximum Gasteiger partial charge on any atom is 0.242 e. The maximum absolute atomic E-state index is 13.5. The summed E-state index contributed by atoms with van der Waals surface area (Å²) in [5.74, 6) is -0.220. The molecule has 0 aliphatic carbocycles. The van der Waals surface area contributed by atoms with Crippen molar-refractivity contribution < 1.29 is 18.0 Å². The molecule has 2 aromatic rings. The number of amides is 2. The molecule has 0 unspecified atom stereocenters. The number of benzene rings is 2. The van der Waals surface area contributed by atoms with Crippen LogP contribution < -0.4 is 9.62 Å². The number of carbonyl (C=O) groups is 2. The van der Waals surface area contributed by atoms with E-state index in [9.17, 15) is 18.0 Å². The van der Waals surface area contributed by atoms with Gasteiger partial charge in [-0.05, 0) is 55.0 Å². The molecular weight excluding hydrogens is 533 g/mol. The molecule has 0 saturated carbocycles. The van der Waals surface area contributed by atoms with Crippen LogP contribution in [0.3, 0.4) is 0 Å². The number of nitrogens with one attached hydrogen (secondary N) is 1. The van der Waals surface area contributed by atoms with E-state index in [2.05, 4.69) is 5.32 Å². The Morgan fingerprint density at radius 1 is 1.08 bits per heavy atom. The molecule has 0 radical (unpaired) electrons. The number of carbonyl (C=O) groups excluding carboxylic acids is 2. The maximum atomic E-state index is 13.5. The predicted octanol–water partition coefficient (Wildman–Crippen LogP) is 5.43. The van der Waals surface area contributed by atoms with Gasteiger partial charge in [0, 0.05) is 36.1 Å². The van der Waals surface area contributed by atoms with Gasteiger partial charge >= 0.3 is 0 Å². The van der Waals surface area contributed by atoms with Gasteiger partial charge in [-0.2, -0.15) is 0 Å². The van der Waals surface area contributed by atoms with Crippen LogP contribution in [0.25, 0.3) is 0 Å². The molecule has 2 aromatic carbocycles. The van der Waals surface area contributed by atoms with E-state index >= 15 is 0 Å². The van der Waals surface area contributed by atoms with Gasteiger partial charge in [0.2, 0.25) is 21.8 Å². The molecule has 0 aliphatic heterocycles. The van der Waals surface area contributed by atoms with E-state index in [4.69, 9.17) is 23.2 Å². The van der Waals surface area contributed by atoms with Crippen LogP contribution in [-0.4, -0.2) is 50.5 Å². The van der Waals surface area contributed by atoms with Crippen LogP contribution >= 0.6 is 23.2 Å². The summed E-state index contributed by atoms with van der Waals surface area (Å²) in [5.41, 5.74) is 2.08. The summed E-state index contributed by atoms with van der Waals surface area (Å²) < 4.78 is 26.4. The van der Waals surface area contributed by atoms with Gasteiger partial charge in [0.1, 0.15) is 6.04 Å². The summed E-state index contributed by atoms with van der Waals surface area (Å²) in [6, 6.07) is 11.6. The second-order valence-electron chi connectivity index (χ2n) is 9.55. The first-order valence-corrected chi connectivity index (χ1v) is 15.0. The first-order valence-electron chi connectivity index (χ1n) is 12.4. The lowest BCUT2D eigenvalue weighted by molar-refractivity contribution is -0.141. The summed E-state index contributed by atoms with van der Waals surface area (Å²) in [6.45, 7) is 8.47. The van der Waals surface area contributed by atoms with Crippen molar-refractivity contribution in [1.29, 1.82) is 0 Å². The molecule has 0 bridgehead atoms. The lowest BCUT2D eigenvalue weighted by Gasteiger charge is -2.31. The summed E-state index contributed by atoms with van der Waals surface area (Å²) in [4.78, 5) is 28.1. The van der Waals surface area contributed by atoms with Gasteiger partial charge in [0.05, 0.1) is 11.9 Å². The van der Waals surface area contributed by atoms with Gasteiger partial charge in [-0.3, -0.25) is 13.9 Å². The van der Waals surface area contributed by atoms with E-state index in [0.717, 1.165) is 11.8 Å². The van der Waals surface area contributed by atoms with Crippen LogP contribution in [0, 0.1) is 12.8 Å². The highest BCUT2D eigenvalue weighted by Crippen LogP contribution is 2.25. The summed E-state index contributed by atoms with van der Waals surface area (Å²) in [5, 5.41) is 3.81. The van der Waals surface area contributed by atoms with Gasteiger partial charge in [-0.25, -0.2) is 8.42 Å². The SMILES string of the molecule is CC[C@@H](C(=O)NCC(C)C)N(Cc1ccc(Cl)cc1Cl)C(=O)CCCN(c1ccccc1C)S(C)(=O)=O. The molecule has 10 heteroatoms. The molecule has 2 rings (SSSR count). The molecule has 204 valence electrons. The molecule has 0 aliphatic rings. The Morgan fingerprint density at radius 2 is 1.76 bits per heavy atom. The first kappa shape index (κ1) is 30.9. The Bertz CT molecular complexity index is 1190. The van der Waals surface area contributed by atoms with Crippen molar-refractivity contribution in [2.75, 3.05) is 23.7 Å². The van der Waals surface area contributed by atoms with Crippen molar-refractivity contribution >= 4 is 50.7 Å². The highest BCUT2D eigenvalue weighted by atomic mass is 35.5. The van der Waals surface area contributed by atoms with Gasteiger partial charge in [0.25, 0.3) is 0 Å². The largest absolute Gasteiger partial charge is 0.354 e. The van der Waals surface area contributed by atoms with E-state index in [1.165, 1.54) is 9.21 Å². The predicted molar refractivity (Wildman–Crippen MR) is 152 cm³/mol. The van der Waals surface area contributed by atoms with Crippen LogP contribution in [0.15, 0.2) is 42.5 Å². The zero-order valence-electron chi connectivity index (χ0n) is 22.1. The second kappa shape index (κ2) is 14.0. The topological polar surface area (TPSA) is 86.8 Å². The quantitative estimate of drug-likeness (QED) is 0.348. The third-order valence-corrected chi connectivity index (χ3v) is 7.73. The van der Waals surface area contributed by atoms with Gasteiger partial charge in [-0.1, -0.05) is 68.2 Å². The monoisotopic (exact) mass is 569 g/mol. The number of aryl methyl sites for hydroxylation is 1. The fourth-order valence-corrected chi connectivity index (χ4v) is 5.49. The molecule has 37 heavy (non-hydrogen) atoms. The van der Waals surface area contributed by atoms with E-state index in [-0.39, 0.29) is 43.7 Å². The number of hydrogen-bond donors (Lipinski definition) is 1. The number of anilines is 1. The molecule has 0 heterocycles. The highest BCUT2D eigenvalue weighted by Gasteiger charge is 2.29. The number of rotatable bonds is 13. The van der Waals surface area contributed by atoms with E-state index in [1.54, 1.807) is 30.3 Å². The van der Waals surface area contributed by atoms with Crippen LogP contribution in [-0.2, 0) is 26.2 Å². The van der Waals surface area contributed by atoms with Crippen LogP contribution in [0.2, 0.25) is 10.0 Å². The Hall–Kier alpha value is -2.29. The number of nitrogens with zero attached hydrogens (tertiary/aromatic N) is 2. The number of halogens is 2. The first-order chi connectivity index (χ1) is 17.3. The third kappa shape index (κ3) is 9.20. The number of hydrogen-bond acceptors (Lipinski definition) is 4. The Kier molecular flexibility index (Phi) is 11.7. The van der Waals surface area contributed by atoms with E-state index < -0.39 is 16.1 Å². The number of sulfonamides is 1. The van der Waals surface area contributed by atoms with Crippen LogP contribution in [0.5, 0.6) is 0 Å². The molecule has 2 amide bonds. The third-order valence-electron chi connectivity index (χ3n) is 5.96. The summed E-state index contributed by atoms with van der Waals surface area (Å²) in [7, 11) is -3.55. The summed E-state index contributed by atoms with van der Waals surface area (Å²) >= 11 is 12.4.